The van der Waals surface area contributed by atoms with Crippen LogP contribution in [0.5, 0.6) is 5.75 Å². The SMILES string of the molecule is CCOC(=O)c1cn(C2CC2)c2c(OC)c(NCCNc3ccccn3)c(F)c(N)c2c1=O. The molecule has 0 amide bonds. The highest BCUT2D eigenvalue weighted by molar-refractivity contribution is 6.03. The summed E-state index contributed by atoms with van der Waals surface area (Å²) in [6.45, 7) is 2.55. The van der Waals surface area contributed by atoms with Gasteiger partial charge in [0, 0.05) is 31.5 Å². The Morgan fingerprint density at radius 3 is 2.70 bits per heavy atom. The number of fused-ring (bicyclic) bond motifs is 1. The van der Waals surface area contributed by atoms with Gasteiger partial charge in [-0.2, -0.15) is 0 Å². The minimum absolute atomic E-state index is 0.0544. The van der Waals surface area contributed by atoms with Crippen LogP contribution in [-0.4, -0.2) is 42.3 Å². The van der Waals surface area contributed by atoms with Crippen molar-refractivity contribution in [1.82, 2.24) is 9.55 Å². The maximum atomic E-state index is 15.4. The lowest BCUT2D eigenvalue weighted by atomic mass is 10.1. The third-order valence-electron chi connectivity index (χ3n) is 5.44. The quantitative estimate of drug-likeness (QED) is 0.256. The first-order chi connectivity index (χ1) is 16.0. The minimum Gasteiger partial charge on any atom is -0.492 e. The van der Waals surface area contributed by atoms with E-state index in [2.05, 4.69) is 15.6 Å². The number of methoxy groups -OCH3 is 1. The molecule has 0 aliphatic heterocycles. The van der Waals surface area contributed by atoms with Crippen molar-refractivity contribution in [3.63, 3.8) is 0 Å². The van der Waals surface area contributed by atoms with Gasteiger partial charge in [-0.1, -0.05) is 6.07 Å². The topological polar surface area (TPSA) is 120 Å². The number of carbonyl (C=O) groups is 1. The van der Waals surface area contributed by atoms with Gasteiger partial charge in [-0.3, -0.25) is 4.79 Å². The van der Waals surface area contributed by atoms with Gasteiger partial charge in [-0.25, -0.2) is 14.2 Å². The molecule has 0 atom stereocenters. The first kappa shape index (κ1) is 22.4. The zero-order chi connectivity index (χ0) is 23.5. The summed E-state index contributed by atoms with van der Waals surface area (Å²) in [5, 5.41) is 6.07. The van der Waals surface area contributed by atoms with E-state index in [1.807, 2.05) is 18.2 Å². The number of rotatable bonds is 9. The first-order valence-electron chi connectivity index (χ1n) is 10.8. The van der Waals surface area contributed by atoms with Gasteiger partial charge in [0.15, 0.2) is 11.6 Å². The molecular weight excluding hydrogens is 429 g/mol. The van der Waals surface area contributed by atoms with E-state index in [4.69, 9.17) is 15.2 Å². The number of halogens is 1. The molecule has 0 bridgehead atoms. The fraction of sp³-hybridized carbons (Fsp3) is 0.348. The summed E-state index contributed by atoms with van der Waals surface area (Å²) in [6, 6.07) is 5.55. The monoisotopic (exact) mass is 455 g/mol. The highest BCUT2D eigenvalue weighted by Crippen LogP contribution is 2.44. The van der Waals surface area contributed by atoms with Crippen LogP contribution in [0.2, 0.25) is 0 Å². The van der Waals surface area contributed by atoms with Crippen molar-refractivity contribution in [2.24, 2.45) is 0 Å². The fourth-order valence-electron chi connectivity index (χ4n) is 3.77. The van der Waals surface area contributed by atoms with Gasteiger partial charge >= 0.3 is 5.97 Å². The Labute approximate surface area is 189 Å². The molecule has 1 saturated carbocycles. The highest BCUT2D eigenvalue weighted by Gasteiger charge is 2.32. The van der Waals surface area contributed by atoms with Gasteiger partial charge in [0.2, 0.25) is 5.43 Å². The van der Waals surface area contributed by atoms with E-state index in [-0.39, 0.29) is 40.7 Å². The Morgan fingerprint density at radius 1 is 1.30 bits per heavy atom. The number of nitrogen functional groups attached to an aromatic ring is 1. The number of nitrogens with zero attached hydrogens (tertiary/aromatic N) is 2. The van der Waals surface area contributed by atoms with Crippen molar-refractivity contribution in [2.45, 2.75) is 25.8 Å². The van der Waals surface area contributed by atoms with Crippen LogP contribution in [0.4, 0.5) is 21.6 Å². The molecule has 1 fully saturated rings. The van der Waals surface area contributed by atoms with Crippen LogP contribution < -0.4 is 26.5 Å². The average molecular weight is 455 g/mol. The van der Waals surface area contributed by atoms with Crippen molar-refractivity contribution < 1.29 is 18.7 Å². The van der Waals surface area contributed by atoms with Crippen LogP contribution in [0, 0.1) is 5.82 Å². The molecule has 10 heteroatoms. The van der Waals surface area contributed by atoms with Crippen LogP contribution in [-0.2, 0) is 4.74 Å². The van der Waals surface area contributed by atoms with E-state index in [0.29, 0.717) is 24.4 Å². The average Bonchev–Trinajstić information content (AvgIpc) is 3.66. The molecular formula is C23H26FN5O4. The number of esters is 1. The molecule has 4 rings (SSSR count). The second-order valence-electron chi connectivity index (χ2n) is 7.66. The summed E-state index contributed by atoms with van der Waals surface area (Å²) in [5.74, 6) is -0.717. The lowest BCUT2D eigenvalue weighted by molar-refractivity contribution is 0.0524. The molecule has 2 heterocycles. The molecule has 9 nitrogen and oxygen atoms in total. The summed E-state index contributed by atoms with van der Waals surface area (Å²) >= 11 is 0. The van der Waals surface area contributed by atoms with E-state index < -0.39 is 17.2 Å². The Balaban J connectivity index is 1.77. The molecule has 0 saturated heterocycles. The molecule has 1 aliphatic rings. The van der Waals surface area contributed by atoms with E-state index in [1.54, 1.807) is 17.7 Å². The number of ether oxygens (including phenoxy) is 2. The number of nitrogens with two attached hydrogens (primary N) is 1. The van der Waals surface area contributed by atoms with Gasteiger partial charge < -0.3 is 30.4 Å². The standard InChI is InChI=1S/C23H26FN5O4/c1-3-33-23(31)14-12-29(13-7-8-13)20-16(21(14)30)18(25)17(24)19(22(20)32-2)28-11-10-27-15-6-4-5-9-26-15/h4-6,9,12-13,28H,3,7-8,10-11,25H2,1-2H3,(H,26,27). The second kappa shape index (κ2) is 9.35. The van der Waals surface area contributed by atoms with Crippen LogP contribution >= 0.6 is 0 Å². The van der Waals surface area contributed by atoms with Crippen molar-refractivity contribution in [2.75, 3.05) is 43.2 Å². The maximum absolute atomic E-state index is 15.4. The van der Waals surface area contributed by atoms with Crippen molar-refractivity contribution in [1.29, 1.82) is 0 Å². The summed E-state index contributed by atoms with van der Waals surface area (Å²) < 4.78 is 27.7. The Morgan fingerprint density at radius 2 is 2.06 bits per heavy atom. The Hall–Kier alpha value is -3.82. The van der Waals surface area contributed by atoms with Crippen LogP contribution in [0.3, 0.4) is 0 Å². The van der Waals surface area contributed by atoms with Gasteiger partial charge in [0.05, 0.1) is 30.3 Å². The third kappa shape index (κ3) is 4.28. The van der Waals surface area contributed by atoms with Crippen molar-refractivity contribution in [3.8, 4) is 5.75 Å². The van der Waals surface area contributed by atoms with Gasteiger partial charge in [0.25, 0.3) is 0 Å². The lowest BCUT2D eigenvalue weighted by Crippen LogP contribution is -2.23. The lowest BCUT2D eigenvalue weighted by Gasteiger charge is -2.21. The second-order valence-corrected chi connectivity index (χ2v) is 7.66. The van der Waals surface area contributed by atoms with E-state index >= 15 is 4.39 Å². The normalized spacial score (nSPS) is 13.1. The molecule has 1 aromatic carbocycles. The molecule has 33 heavy (non-hydrogen) atoms. The predicted octanol–water partition coefficient (Wildman–Crippen LogP) is 3.16. The molecule has 4 N–H and O–H groups in total. The largest absolute Gasteiger partial charge is 0.492 e. The molecule has 174 valence electrons. The zero-order valence-corrected chi connectivity index (χ0v) is 18.5. The number of nitrogens with one attached hydrogen (secondary N) is 2. The minimum atomic E-state index is -0.808. The predicted molar refractivity (Wildman–Crippen MR) is 125 cm³/mol. The number of aromatic nitrogens is 2. The molecule has 1 aliphatic carbocycles. The van der Waals surface area contributed by atoms with E-state index in [0.717, 1.165) is 12.8 Å². The number of hydrogen-bond donors (Lipinski definition) is 3. The van der Waals surface area contributed by atoms with E-state index in [1.165, 1.54) is 13.3 Å². The van der Waals surface area contributed by atoms with Gasteiger partial charge in [-0.05, 0) is 31.9 Å². The zero-order valence-electron chi connectivity index (χ0n) is 18.5. The van der Waals surface area contributed by atoms with Crippen molar-refractivity contribution in [3.05, 3.63) is 52.2 Å². The fourth-order valence-corrected chi connectivity index (χ4v) is 3.77. The molecule has 0 spiro atoms. The van der Waals surface area contributed by atoms with Crippen LogP contribution in [0.15, 0.2) is 35.4 Å². The summed E-state index contributed by atoms with van der Waals surface area (Å²) in [5.41, 5.74) is 5.33. The van der Waals surface area contributed by atoms with Crippen LogP contribution in [0.1, 0.15) is 36.2 Å². The first-order valence-corrected chi connectivity index (χ1v) is 10.8. The smallest absolute Gasteiger partial charge is 0.343 e. The molecule has 0 radical (unpaired) electrons. The molecule has 2 aromatic heterocycles. The Kier molecular flexibility index (Phi) is 6.34. The van der Waals surface area contributed by atoms with E-state index in [9.17, 15) is 9.59 Å². The summed E-state index contributed by atoms with van der Waals surface area (Å²) in [4.78, 5) is 29.7. The summed E-state index contributed by atoms with van der Waals surface area (Å²) in [6.07, 6.45) is 4.85. The summed E-state index contributed by atoms with van der Waals surface area (Å²) in [7, 11) is 1.41. The third-order valence-corrected chi connectivity index (χ3v) is 5.44. The van der Waals surface area contributed by atoms with Crippen molar-refractivity contribution >= 4 is 34.1 Å². The molecule has 3 aromatic rings. The molecule has 0 unspecified atom stereocenters. The van der Waals surface area contributed by atoms with Gasteiger partial charge in [-0.15, -0.1) is 0 Å². The number of benzene rings is 1. The number of hydrogen-bond acceptors (Lipinski definition) is 8. The number of anilines is 3. The maximum Gasteiger partial charge on any atom is 0.343 e. The number of carbonyl (C=O) groups excluding carboxylic acids is 1. The Bertz CT molecular complexity index is 1240. The number of pyridine rings is 2. The highest BCUT2D eigenvalue weighted by atomic mass is 19.1. The van der Waals surface area contributed by atoms with Gasteiger partial charge in [0.1, 0.15) is 17.1 Å². The van der Waals surface area contributed by atoms with Crippen LogP contribution in [0.25, 0.3) is 10.9 Å².